The third kappa shape index (κ3) is 5.29. The van der Waals surface area contributed by atoms with E-state index in [0.29, 0.717) is 0 Å². The molecule has 4 heteroatoms. The van der Waals surface area contributed by atoms with Crippen molar-refractivity contribution in [3.05, 3.63) is 35.9 Å². The zero-order valence-corrected chi connectivity index (χ0v) is 11.1. The Morgan fingerprint density at radius 1 is 1.33 bits per heavy atom. The summed E-state index contributed by atoms with van der Waals surface area (Å²) in [6, 6.07) is 9.26. The van der Waals surface area contributed by atoms with Crippen LogP contribution in [0.4, 0.5) is 0 Å². The number of carbonyl (C=O) groups is 1. The highest BCUT2D eigenvalue weighted by Crippen LogP contribution is 2.12. The normalized spacial score (nSPS) is 13.1. The van der Waals surface area contributed by atoms with Gasteiger partial charge in [-0.15, -0.1) is 0 Å². The van der Waals surface area contributed by atoms with Crippen LogP contribution >= 0.6 is 0 Å². The summed E-state index contributed by atoms with van der Waals surface area (Å²) in [4.78, 5) is 11.5. The summed E-state index contributed by atoms with van der Waals surface area (Å²) in [5, 5.41) is 12.3. The molecule has 0 heterocycles. The Hall–Kier alpha value is -1.39. The van der Waals surface area contributed by atoms with Gasteiger partial charge in [-0.25, -0.2) is 0 Å². The Kier molecular flexibility index (Phi) is 5.31. The molecule has 100 valence electrons. The molecule has 18 heavy (non-hydrogen) atoms. The second-order valence-electron chi connectivity index (χ2n) is 5.11. The molecule has 1 atom stereocenters. The first-order valence-corrected chi connectivity index (χ1v) is 6.03. The number of ether oxygens (including phenoxy) is 1. The quantitative estimate of drug-likeness (QED) is 0.781. The van der Waals surface area contributed by atoms with E-state index in [1.165, 1.54) is 0 Å². The van der Waals surface area contributed by atoms with Gasteiger partial charge in [0.25, 0.3) is 0 Å². The average Bonchev–Trinajstić information content (AvgIpc) is 2.29. The number of rotatable bonds is 5. The minimum absolute atomic E-state index is 0.0627. The molecule has 1 aromatic carbocycles. The van der Waals surface area contributed by atoms with Gasteiger partial charge in [-0.2, -0.15) is 0 Å². The molecule has 1 aromatic rings. The van der Waals surface area contributed by atoms with Crippen LogP contribution in [0.25, 0.3) is 0 Å². The van der Waals surface area contributed by atoms with Crippen molar-refractivity contribution in [1.29, 1.82) is 0 Å². The van der Waals surface area contributed by atoms with Crippen molar-refractivity contribution in [1.82, 2.24) is 5.32 Å². The van der Waals surface area contributed by atoms with Crippen molar-refractivity contribution in [2.75, 3.05) is 13.2 Å². The van der Waals surface area contributed by atoms with Crippen LogP contribution in [-0.2, 0) is 9.53 Å². The summed E-state index contributed by atoms with van der Waals surface area (Å²) < 4.78 is 5.19. The monoisotopic (exact) mass is 251 g/mol. The van der Waals surface area contributed by atoms with Gasteiger partial charge in [0, 0.05) is 0 Å². The third-order valence-electron chi connectivity index (χ3n) is 2.30. The molecule has 4 nitrogen and oxygen atoms in total. The summed E-state index contributed by atoms with van der Waals surface area (Å²) >= 11 is 0. The molecule has 0 amide bonds. The lowest BCUT2D eigenvalue weighted by Gasteiger charge is -2.21. The van der Waals surface area contributed by atoms with E-state index in [1.807, 2.05) is 51.1 Å². The molecule has 0 spiro atoms. The number of benzene rings is 1. The summed E-state index contributed by atoms with van der Waals surface area (Å²) in [6.45, 7) is 5.49. The maximum atomic E-state index is 11.5. The van der Waals surface area contributed by atoms with E-state index in [2.05, 4.69) is 5.32 Å². The molecule has 0 aliphatic rings. The topological polar surface area (TPSA) is 58.6 Å². The highest BCUT2D eigenvalue weighted by molar-refractivity contribution is 5.72. The number of esters is 1. The van der Waals surface area contributed by atoms with Crippen LogP contribution < -0.4 is 5.32 Å². The highest BCUT2D eigenvalue weighted by Gasteiger charge is 2.17. The van der Waals surface area contributed by atoms with Crippen LogP contribution in [0.2, 0.25) is 0 Å². The Balaban J connectivity index is 2.48. The van der Waals surface area contributed by atoms with E-state index in [-0.39, 0.29) is 25.2 Å². The van der Waals surface area contributed by atoms with Gasteiger partial charge in [0.1, 0.15) is 5.60 Å². The fourth-order valence-corrected chi connectivity index (χ4v) is 1.56. The number of aliphatic hydroxyl groups excluding tert-OH is 1. The molecule has 0 fully saturated rings. The molecule has 2 N–H and O–H groups in total. The highest BCUT2D eigenvalue weighted by atomic mass is 16.6. The molecule has 0 unspecified atom stereocenters. The minimum atomic E-state index is -0.486. The lowest BCUT2D eigenvalue weighted by atomic mass is 10.1. The Bertz CT molecular complexity index is 370. The minimum Gasteiger partial charge on any atom is -0.459 e. The zero-order chi connectivity index (χ0) is 13.6. The van der Waals surface area contributed by atoms with Crippen molar-refractivity contribution in [2.45, 2.75) is 32.4 Å². The number of hydrogen-bond donors (Lipinski definition) is 2. The van der Waals surface area contributed by atoms with Crippen LogP contribution in [0, 0.1) is 0 Å². The van der Waals surface area contributed by atoms with E-state index in [9.17, 15) is 9.90 Å². The summed E-state index contributed by atoms with van der Waals surface area (Å²) in [5.41, 5.74) is 0.462. The van der Waals surface area contributed by atoms with E-state index in [4.69, 9.17) is 4.74 Å². The molecule has 0 bridgehead atoms. The lowest BCUT2D eigenvalue weighted by Crippen LogP contribution is -2.34. The first-order chi connectivity index (χ1) is 8.42. The molecule has 1 rings (SSSR count). The lowest BCUT2D eigenvalue weighted by molar-refractivity contribution is -0.153. The van der Waals surface area contributed by atoms with Gasteiger partial charge < -0.3 is 9.84 Å². The van der Waals surface area contributed by atoms with E-state index in [1.54, 1.807) is 0 Å². The maximum absolute atomic E-state index is 11.5. The molecule has 0 saturated carbocycles. The molecule has 0 radical (unpaired) electrons. The van der Waals surface area contributed by atoms with Gasteiger partial charge in [0.15, 0.2) is 0 Å². The first-order valence-electron chi connectivity index (χ1n) is 6.03. The molecule has 0 aliphatic carbocycles. The Morgan fingerprint density at radius 3 is 2.44 bits per heavy atom. The van der Waals surface area contributed by atoms with Crippen molar-refractivity contribution >= 4 is 5.97 Å². The van der Waals surface area contributed by atoms with Crippen molar-refractivity contribution < 1.29 is 14.6 Å². The molecule has 0 aromatic heterocycles. The van der Waals surface area contributed by atoms with Crippen LogP contribution in [0.3, 0.4) is 0 Å². The van der Waals surface area contributed by atoms with Gasteiger partial charge in [0.2, 0.25) is 0 Å². The summed E-state index contributed by atoms with van der Waals surface area (Å²) in [6.07, 6.45) is 0. The Morgan fingerprint density at radius 2 is 1.94 bits per heavy atom. The van der Waals surface area contributed by atoms with Gasteiger partial charge in [0.05, 0.1) is 19.2 Å². The van der Waals surface area contributed by atoms with Crippen molar-refractivity contribution in [3.63, 3.8) is 0 Å². The number of carbonyl (C=O) groups excluding carboxylic acids is 1. The van der Waals surface area contributed by atoms with Gasteiger partial charge in [-0.1, -0.05) is 30.3 Å². The number of nitrogens with one attached hydrogen (secondary N) is 1. The van der Waals surface area contributed by atoms with Crippen LogP contribution in [0.1, 0.15) is 32.4 Å². The van der Waals surface area contributed by atoms with Crippen LogP contribution in [0.5, 0.6) is 0 Å². The smallest absolute Gasteiger partial charge is 0.320 e. The standard InChI is InChI=1S/C14H21NO3/c1-14(2,3)18-13(17)9-15-12(10-16)11-7-5-4-6-8-11/h4-8,12,15-16H,9-10H2,1-3H3/t12-/m1/s1. The van der Waals surface area contributed by atoms with E-state index >= 15 is 0 Å². The molecular weight excluding hydrogens is 230 g/mol. The molecule has 0 aliphatic heterocycles. The Labute approximate surface area is 108 Å². The average molecular weight is 251 g/mol. The van der Waals surface area contributed by atoms with Gasteiger partial charge in [-0.05, 0) is 26.3 Å². The first kappa shape index (κ1) is 14.7. The SMILES string of the molecule is CC(C)(C)OC(=O)CN[C@H](CO)c1ccccc1. The number of aliphatic hydroxyl groups is 1. The summed E-state index contributed by atoms with van der Waals surface area (Å²) in [5.74, 6) is -0.322. The van der Waals surface area contributed by atoms with E-state index in [0.717, 1.165) is 5.56 Å². The van der Waals surface area contributed by atoms with Crippen LogP contribution in [0.15, 0.2) is 30.3 Å². The van der Waals surface area contributed by atoms with E-state index < -0.39 is 5.60 Å². The second kappa shape index (κ2) is 6.52. The molecular formula is C14H21NO3. The second-order valence-corrected chi connectivity index (χ2v) is 5.11. The molecule has 0 saturated heterocycles. The van der Waals surface area contributed by atoms with Crippen molar-refractivity contribution in [2.24, 2.45) is 0 Å². The van der Waals surface area contributed by atoms with Crippen LogP contribution in [-0.4, -0.2) is 29.8 Å². The maximum Gasteiger partial charge on any atom is 0.320 e. The predicted molar refractivity (Wildman–Crippen MR) is 70.1 cm³/mol. The van der Waals surface area contributed by atoms with Crippen molar-refractivity contribution in [3.8, 4) is 0 Å². The predicted octanol–water partition coefficient (Wildman–Crippen LogP) is 1.65. The number of hydrogen-bond acceptors (Lipinski definition) is 4. The van der Waals surface area contributed by atoms with Gasteiger partial charge in [-0.3, -0.25) is 10.1 Å². The fraction of sp³-hybridized carbons (Fsp3) is 0.500. The fourth-order valence-electron chi connectivity index (χ4n) is 1.56. The van der Waals surface area contributed by atoms with Gasteiger partial charge >= 0.3 is 5.97 Å². The largest absolute Gasteiger partial charge is 0.459 e. The third-order valence-corrected chi connectivity index (χ3v) is 2.30. The summed E-state index contributed by atoms with van der Waals surface area (Å²) in [7, 11) is 0. The zero-order valence-electron chi connectivity index (χ0n) is 11.1.